The maximum absolute atomic E-state index is 13.5. The summed E-state index contributed by atoms with van der Waals surface area (Å²) in [4.78, 5) is 103. The highest BCUT2D eigenvalue weighted by Crippen LogP contribution is 2.66. The first-order valence-corrected chi connectivity index (χ1v) is 41.8. The molecule has 0 radical (unpaired) electrons. The Bertz CT molecular complexity index is 4380. The van der Waals surface area contributed by atoms with Crippen LogP contribution in [0.2, 0.25) is 0 Å². The Balaban J connectivity index is 0.812. The lowest BCUT2D eigenvalue weighted by molar-refractivity contribution is -0.176. The van der Waals surface area contributed by atoms with Gasteiger partial charge in [-0.1, -0.05) is 48.9 Å². The second-order valence-corrected chi connectivity index (χ2v) is 35.0. The van der Waals surface area contributed by atoms with Gasteiger partial charge in [0, 0.05) is 78.1 Å². The van der Waals surface area contributed by atoms with Crippen LogP contribution in [-0.2, 0) is 106 Å². The molecular weight excluding hydrogens is 1510 g/mol. The van der Waals surface area contributed by atoms with E-state index in [1.165, 1.54) is 41.3 Å². The highest BCUT2D eigenvalue weighted by Gasteiger charge is 2.44. The van der Waals surface area contributed by atoms with E-state index in [2.05, 4.69) is 30.8 Å². The monoisotopic (exact) mass is 1580 g/mol. The largest absolute Gasteiger partial charge is 0.490 e. The first-order valence-electron chi connectivity index (χ1n) is 29.4. The number of aromatic nitrogens is 2. The van der Waals surface area contributed by atoms with Crippen LogP contribution in [-0.4, -0.2) is 178 Å². The molecule has 1 amide bonds. The minimum Gasteiger partial charge on any atom is -0.478 e. The van der Waals surface area contributed by atoms with Crippen LogP contribution in [0.3, 0.4) is 0 Å². The SMILES string of the molecule is CS(=S)COC1C[C@H](n2cc(C#CCCC(=O)OCCCCOCSSC(C)(C)CCOC(=O)NCCOCCOCCCC(=O)c3ccc(C(=O)O)c(-c4c5ccc(=[NH2+])c(S(=O)(=O)O)c-5oc5c(S(=O)(=O)O)c(N)ccc45)c3)c(N)nc2=O)O[C@@H]1COP(=O)(O)OP(=O)(O)OP(=O)(O)O. The molecule has 3 aromatic rings. The van der Waals surface area contributed by atoms with Gasteiger partial charge in [0.25, 0.3) is 10.1 Å². The molecule has 2 aliphatic heterocycles. The van der Waals surface area contributed by atoms with E-state index >= 15 is 0 Å². The summed E-state index contributed by atoms with van der Waals surface area (Å²) in [7, 11) is -25.0. The molecule has 6 rings (SSSR count). The summed E-state index contributed by atoms with van der Waals surface area (Å²) in [6.45, 7) is 4.47. The number of ketones is 1. The number of carboxylic acids is 1. The van der Waals surface area contributed by atoms with Gasteiger partial charge in [-0.15, -0.1) is 0 Å². The minimum absolute atomic E-state index is 0.0126. The number of aromatic carboxylic acids is 1. The van der Waals surface area contributed by atoms with Crippen molar-refractivity contribution in [3.05, 3.63) is 81.2 Å². The van der Waals surface area contributed by atoms with Crippen molar-refractivity contribution in [1.82, 2.24) is 14.9 Å². The van der Waals surface area contributed by atoms with Crippen molar-refractivity contribution in [1.29, 1.82) is 0 Å². The average Bonchev–Trinajstić information content (AvgIpc) is 0.795. The molecule has 14 N–H and O–H groups in total. The van der Waals surface area contributed by atoms with E-state index in [1.54, 1.807) is 17.0 Å². The third-order valence-electron chi connectivity index (χ3n) is 13.7. The Morgan fingerprint density at radius 3 is 2.24 bits per heavy atom. The zero-order valence-electron chi connectivity index (χ0n) is 53.2. The molecule has 1 aromatic heterocycles. The minimum atomic E-state index is -5.80. The van der Waals surface area contributed by atoms with Crippen LogP contribution < -0.4 is 33.2 Å². The number of unbranched alkanes of at least 4 members (excludes halogenated alkanes) is 1. The molecule has 36 nitrogen and oxygen atoms in total. The first kappa shape index (κ1) is 83.3. The summed E-state index contributed by atoms with van der Waals surface area (Å²) in [6.07, 6.45) is 0.633. The summed E-state index contributed by atoms with van der Waals surface area (Å²) in [5, 5.41) is 18.1. The molecule has 4 unspecified atom stereocenters. The van der Waals surface area contributed by atoms with Crippen molar-refractivity contribution in [2.45, 2.75) is 98.2 Å². The molecule has 3 heterocycles. The van der Waals surface area contributed by atoms with Crippen LogP contribution >= 0.6 is 45.1 Å². The predicted molar refractivity (Wildman–Crippen MR) is 362 cm³/mol. The number of nitrogens with two attached hydrogens (primary N) is 3. The van der Waals surface area contributed by atoms with Gasteiger partial charge in [-0.25, -0.2) is 28.1 Å². The predicted octanol–water partition coefficient (Wildman–Crippen LogP) is 3.86. The summed E-state index contributed by atoms with van der Waals surface area (Å²) in [5.41, 5.74) is 8.93. The molecule has 2 aromatic carbocycles. The van der Waals surface area contributed by atoms with Crippen LogP contribution in [0.5, 0.6) is 0 Å². The van der Waals surface area contributed by atoms with E-state index in [-0.39, 0.29) is 128 Å². The maximum atomic E-state index is 13.5. The summed E-state index contributed by atoms with van der Waals surface area (Å²) >= 11 is 5.16. The standard InChI is InChI=1S/C55H71N6O30P3S6/c1-55(2,97-96-31-83-20-6-7-22-84-45(63)11-5-4-9-34-29-61(53(66)60-51(34)58)44-28-42(86-32-98(3)95)43(88-44)30-87-93(71,72)91-94(73,74)90-92(68,69)70)18-23-85-54(67)59-19-24-82-26-25-81-21-8-10-41(62)33-12-13-35(52(64)65)38(27-33)46-36-14-16-39(56)49(99(75,76)77)47(36)89-48-37(46)15-17-40(57)50(48)100(78,79)80/h12-17,27,29,42-44,56H,5-8,10-11,18-26,28,30-32,57H2,1-3H3,(H,59,67)(H,64,65)(H,71,72)(H,73,74)(H2,58,60,66)(H2,68,69,70)(H,75,76,77)(H,78,79,80)/p+1/t42?,43-,44-,98?/m1/s1. The van der Waals surface area contributed by atoms with E-state index in [0.717, 1.165) is 22.8 Å². The fraction of sp³-hybridized carbons (Fsp3) is 0.473. The van der Waals surface area contributed by atoms with E-state index in [4.69, 9.17) is 80.0 Å². The molecule has 552 valence electrons. The van der Waals surface area contributed by atoms with Crippen molar-refractivity contribution in [2.24, 2.45) is 0 Å². The number of hydrogen-bond acceptors (Lipinski definition) is 29. The maximum Gasteiger partial charge on any atom is 0.490 e. The van der Waals surface area contributed by atoms with Gasteiger partial charge in [-0.3, -0.25) is 33.2 Å². The van der Waals surface area contributed by atoms with Gasteiger partial charge in [-0.05, 0) is 92.9 Å². The number of nitrogen functional groups attached to an aromatic ring is 2. The Kier molecular flexibility index (Phi) is 31.0. The van der Waals surface area contributed by atoms with Gasteiger partial charge in [0.2, 0.25) is 10.3 Å². The smallest absolute Gasteiger partial charge is 0.478 e. The Morgan fingerprint density at radius 1 is 0.870 bits per heavy atom. The molecule has 3 aliphatic rings. The number of carboxylic acid groups (broad SMARTS) is 1. The molecule has 0 bridgehead atoms. The number of nitrogens with one attached hydrogen (secondary N) is 1. The second kappa shape index (κ2) is 37.2. The highest BCUT2D eigenvalue weighted by molar-refractivity contribution is 8.77. The highest BCUT2D eigenvalue weighted by atomic mass is 33.1. The fourth-order valence-electron chi connectivity index (χ4n) is 9.24. The number of ether oxygens (including phenoxy) is 7. The Morgan fingerprint density at radius 2 is 1.56 bits per heavy atom. The van der Waals surface area contributed by atoms with Crippen LogP contribution in [0.15, 0.2) is 67.7 Å². The lowest BCUT2D eigenvalue weighted by Gasteiger charge is -2.22. The molecule has 1 saturated heterocycles. The van der Waals surface area contributed by atoms with Gasteiger partial charge in [0.1, 0.15) is 24.1 Å². The average molecular weight is 1580 g/mol. The van der Waals surface area contributed by atoms with Crippen molar-refractivity contribution in [2.75, 3.05) is 89.0 Å². The normalized spacial score (nSPS) is 16.7. The van der Waals surface area contributed by atoms with Crippen molar-refractivity contribution < 1.29 is 140 Å². The second-order valence-electron chi connectivity index (χ2n) is 21.9. The topological polar surface area (TPSA) is 559 Å². The van der Waals surface area contributed by atoms with Gasteiger partial charge in [-0.2, -0.15) is 30.4 Å². The van der Waals surface area contributed by atoms with Crippen LogP contribution in [0, 0.1) is 11.8 Å². The number of phosphoric ester groups is 1. The number of hydrogen-bond donors (Lipinski definition) is 11. The zero-order valence-corrected chi connectivity index (χ0v) is 60.8. The van der Waals surface area contributed by atoms with Gasteiger partial charge in [0.15, 0.2) is 22.0 Å². The van der Waals surface area contributed by atoms with Crippen LogP contribution in [0.4, 0.5) is 16.3 Å². The molecular formula is C55H72N6O30P3S6+. The van der Waals surface area contributed by atoms with Crippen molar-refractivity contribution in [3.63, 3.8) is 0 Å². The number of carbonyl (C=O) groups is 4. The summed E-state index contributed by atoms with van der Waals surface area (Å²) in [6, 6.07) is 8.28. The fourth-order valence-corrected chi connectivity index (χ4v) is 16.6. The lowest BCUT2D eigenvalue weighted by Crippen LogP contribution is -2.47. The van der Waals surface area contributed by atoms with E-state index in [0.29, 0.717) is 31.8 Å². The number of nitrogens with zero attached hydrogens (tertiary/aromatic N) is 2. The molecule has 1 fully saturated rings. The number of Topliss-reactive ketones (excluding diaryl/α,β-unsaturated/α-hetero) is 1. The molecule has 6 atom stereocenters. The number of amides is 1. The van der Waals surface area contributed by atoms with Gasteiger partial charge < -0.3 is 79.0 Å². The molecule has 100 heavy (non-hydrogen) atoms. The van der Waals surface area contributed by atoms with E-state index in [1.807, 2.05) is 13.8 Å². The first-order chi connectivity index (χ1) is 46.8. The van der Waals surface area contributed by atoms with Crippen molar-refractivity contribution >= 4 is 132 Å². The lowest BCUT2D eigenvalue weighted by atomic mass is 9.88. The number of fused-ring (bicyclic) bond motifs is 2. The third-order valence-corrected chi connectivity index (χ3v) is 23.1. The van der Waals surface area contributed by atoms with Gasteiger partial charge >= 0.3 is 57.3 Å². The number of rotatable bonds is 40. The number of alkyl carbamates (subject to hydrolysis) is 1. The third kappa shape index (κ3) is 25.9. The van der Waals surface area contributed by atoms with Gasteiger partial charge in [0.05, 0.1) is 74.9 Å². The zero-order chi connectivity index (χ0) is 74.0. The molecule has 45 heteroatoms. The number of esters is 1. The molecule has 1 aliphatic carbocycles. The van der Waals surface area contributed by atoms with Crippen LogP contribution in [0.1, 0.15) is 97.7 Å². The number of phosphoric acid groups is 3. The van der Waals surface area contributed by atoms with Crippen LogP contribution in [0.25, 0.3) is 33.4 Å². The molecule has 0 spiro atoms. The number of anilines is 2. The Hall–Kier alpha value is -5.65. The summed E-state index contributed by atoms with van der Waals surface area (Å²) < 4.78 is 164. The quantitative estimate of drug-likeness (QED) is 0.00253. The van der Waals surface area contributed by atoms with Crippen molar-refractivity contribution in [3.8, 4) is 34.3 Å². The van der Waals surface area contributed by atoms with E-state index in [9.17, 15) is 78.5 Å². The number of benzene rings is 3. The summed E-state index contributed by atoms with van der Waals surface area (Å²) in [5.74, 6) is 2.51. The van der Waals surface area contributed by atoms with E-state index < -0.39 is 145 Å². The number of carbonyl (C=O) groups excluding carboxylic acids is 3. The Labute approximate surface area is 585 Å². The molecule has 0 saturated carbocycles.